The molecule has 0 amide bonds. The van der Waals surface area contributed by atoms with Crippen LogP contribution in [0.2, 0.25) is 0 Å². The third kappa shape index (κ3) is 3.23. The highest BCUT2D eigenvalue weighted by molar-refractivity contribution is 7.89. The van der Waals surface area contributed by atoms with Gasteiger partial charge in [-0.3, -0.25) is 0 Å². The molecule has 1 aliphatic rings. The second-order valence-electron chi connectivity index (χ2n) is 4.65. The number of anilines is 1. The van der Waals surface area contributed by atoms with Crippen molar-refractivity contribution in [3.8, 4) is 0 Å². The summed E-state index contributed by atoms with van der Waals surface area (Å²) >= 11 is 0. The zero-order valence-electron chi connectivity index (χ0n) is 10.6. The van der Waals surface area contributed by atoms with E-state index in [4.69, 9.17) is 10.5 Å². The van der Waals surface area contributed by atoms with E-state index in [9.17, 15) is 12.8 Å². The van der Waals surface area contributed by atoms with Gasteiger partial charge in [0, 0.05) is 18.8 Å². The van der Waals surface area contributed by atoms with Gasteiger partial charge < -0.3 is 10.5 Å². The molecule has 5 nitrogen and oxygen atoms in total. The van der Waals surface area contributed by atoms with Gasteiger partial charge in [-0.2, -0.15) is 0 Å². The minimum Gasteiger partial charge on any atom is -0.399 e. The first-order valence-corrected chi connectivity index (χ1v) is 7.52. The zero-order valence-corrected chi connectivity index (χ0v) is 11.4. The fourth-order valence-corrected chi connectivity index (χ4v) is 3.71. The molecule has 1 saturated carbocycles. The first kappa shape index (κ1) is 14.2. The Bertz CT molecular complexity index is 542. The van der Waals surface area contributed by atoms with Crippen molar-refractivity contribution in [1.82, 2.24) is 4.72 Å². The number of hydrogen-bond acceptors (Lipinski definition) is 4. The van der Waals surface area contributed by atoms with Crippen molar-refractivity contribution in [3.05, 3.63) is 24.0 Å². The van der Waals surface area contributed by atoms with Crippen molar-refractivity contribution in [2.75, 3.05) is 12.8 Å². The quantitative estimate of drug-likeness (QED) is 0.817. The second-order valence-corrected chi connectivity index (χ2v) is 6.37. The summed E-state index contributed by atoms with van der Waals surface area (Å²) in [6.45, 7) is 0. The lowest BCUT2D eigenvalue weighted by Gasteiger charge is -2.19. The van der Waals surface area contributed by atoms with Crippen LogP contribution in [0.4, 0.5) is 10.1 Å². The van der Waals surface area contributed by atoms with Crippen molar-refractivity contribution >= 4 is 15.7 Å². The van der Waals surface area contributed by atoms with E-state index in [0.717, 1.165) is 25.0 Å². The molecule has 1 aromatic rings. The predicted octanol–water partition coefficient (Wildman–Crippen LogP) is 1.25. The Balaban J connectivity index is 2.22. The molecule has 1 aliphatic carbocycles. The predicted molar refractivity (Wildman–Crippen MR) is 69.6 cm³/mol. The normalized spacial score (nSPS) is 23.7. The van der Waals surface area contributed by atoms with Crippen LogP contribution in [0.25, 0.3) is 0 Å². The Morgan fingerprint density at radius 3 is 2.74 bits per heavy atom. The number of sulfonamides is 1. The first-order valence-electron chi connectivity index (χ1n) is 6.03. The van der Waals surface area contributed by atoms with E-state index in [-0.39, 0.29) is 22.7 Å². The highest BCUT2D eigenvalue weighted by Crippen LogP contribution is 2.24. The van der Waals surface area contributed by atoms with Gasteiger partial charge in [0.1, 0.15) is 5.82 Å². The molecule has 0 bridgehead atoms. The van der Waals surface area contributed by atoms with Gasteiger partial charge in [0.15, 0.2) is 0 Å². The van der Waals surface area contributed by atoms with Crippen molar-refractivity contribution in [2.24, 2.45) is 0 Å². The first-order chi connectivity index (χ1) is 8.92. The van der Waals surface area contributed by atoms with Crippen molar-refractivity contribution in [1.29, 1.82) is 0 Å². The van der Waals surface area contributed by atoms with E-state index in [0.29, 0.717) is 6.42 Å². The van der Waals surface area contributed by atoms with Gasteiger partial charge in [-0.15, -0.1) is 0 Å². The largest absolute Gasteiger partial charge is 0.399 e. The zero-order chi connectivity index (χ0) is 14.0. The fraction of sp³-hybridized carbons (Fsp3) is 0.500. The number of nitrogens with two attached hydrogens (primary N) is 1. The lowest BCUT2D eigenvalue weighted by Crippen LogP contribution is -2.40. The molecule has 2 atom stereocenters. The third-order valence-corrected chi connectivity index (χ3v) is 4.74. The average molecular weight is 288 g/mol. The Morgan fingerprint density at radius 2 is 2.11 bits per heavy atom. The van der Waals surface area contributed by atoms with E-state index in [1.807, 2.05) is 0 Å². The van der Waals surface area contributed by atoms with Crippen LogP contribution in [0.1, 0.15) is 19.3 Å². The lowest BCUT2D eigenvalue weighted by molar-refractivity contribution is 0.0916. The average Bonchev–Trinajstić information content (AvgIpc) is 2.74. The summed E-state index contributed by atoms with van der Waals surface area (Å²) in [5.41, 5.74) is 5.54. The number of methoxy groups -OCH3 is 1. The van der Waals surface area contributed by atoms with Gasteiger partial charge in [0.05, 0.1) is 11.0 Å². The van der Waals surface area contributed by atoms with Gasteiger partial charge in [-0.1, -0.05) is 0 Å². The van der Waals surface area contributed by atoms with E-state index in [2.05, 4.69) is 4.72 Å². The van der Waals surface area contributed by atoms with Gasteiger partial charge in [0.2, 0.25) is 10.0 Å². The van der Waals surface area contributed by atoms with E-state index in [1.165, 1.54) is 6.07 Å². The molecule has 0 aromatic heterocycles. The van der Waals surface area contributed by atoms with Crippen molar-refractivity contribution in [3.63, 3.8) is 0 Å². The van der Waals surface area contributed by atoms with Crippen LogP contribution in [-0.2, 0) is 14.8 Å². The molecule has 0 spiro atoms. The van der Waals surface area contributed by atoms with Crippen LogP contribution in [0.3, 0.4) is 0 Å². The van der Waals surface area contributed by atoms with E-state index < -0.39 is 15.8 Å². The summed E-state index contributed by atoms with van der Waals surface area (Å²) in [6, 6.07) is 2.99. The second kappa shape index (κ2) is 5.44. The fourth-order valence-electron chi connectivity index (χ4n) is 2.35. The minimum atomic E-state index is -3.78. The Morgan fingerprint density at radius 1 is 1.37 bits per heavy atom. The molecule has 0 heterocycles. The SMILES string of the molecule is COC1CCCC1NS(=O)(=O)c1cc(N)cc(F)c1. The van der Waals surface area contributed by atoms with E-state index in [1.54, 1.807) is 7.11 Å². The van der Waals surface area contributed by atoms with Crippen molar-refractivity contribution in [2.45, 2.75) is 36.3 Å². The summed E-state index contributed by atoms with van der Waals surface area (Å²) in [5.74, 6) is -0.671. The lowest BCUT2D eigenvalue weighted by atomic mass is 10.2. The molecule has 2 unspecified atom stereocenters. The van der Waals surface area contributed by atoms with Gasteiger partial charge >= 0.3 is 0 Å². The molecular formula is C12H17FN2O3S. The molecule has 0 saturated heterocycles. The smallest absolute Gasteiger partial charge is 0.241 e. The standard InChI is InChI=1S/C12H17FN2O3S/c1-18-12-4-2-3-11(12)15-19(16,17)10-6-8(13)5-9(14)7-10/h5-7,11-12,15H,2-4,14H2,1H3. The molecular weight excluding hydrogens is 271 g/mol. The Kier molecular flexibility index (Phi) is 4.07. The summed E-state index contributed by atoms with van der Waals surface area (Å²) < 4.78 is 45.3. The molecule has 1 aromatic carbocycles. The Hall–Kier alpha value is -1.18. The maximum absolute atomic E-state index is 13.2. The van der Waals surface area contributed by atoms with Crippen LogP contribution in [0, 0.1) is 5.82 Å². The highest BCUT2D eigenvalue weighted by Gasteiger charge is 2.31. The minimum absolute atomic E-state index is 0.0788. The maximum Gasteiger partial charge on any atom is 0.241 e. The third-order valence-electron chi connectivity index (χ3n) is 3.27. The molecule has 1 fully saturated rings. The van der Waals surface area contributed by atoms with Gasteiger partial charge in [0.25, 0.3) is 0 Å². The highest BCUT2D eigenvalue weighted by atomic mass is 32.2. The number of nitrogens with one attached hydrogen (secondary N) is 1. The van der Waals surface area contributed by atoms with Crippen LogP contribution in [0.5, 0.6) is 0 Å². The molecule has 0 radical (unpaired) electrons. The number of benzene rings is 1. The van der Waals surface area contributed by atoms with E-state index >= 15 is 0 Å². The topological polar surface area (TPSA) is 81.4 Å². The molecule has 7 heteroatoms. The number of hydrogen-bond donors (Lipinski definition) is 2. The molecule has 106 valence electrons. The molecule has 3 N–H and O–H groups in total. The Labute approximate surface area is 112 Å². The molecule has 0 aliphatic heterocycles. The van der Waals surface area contributed by atoms with Gasteiger partial charge in [-0.25, -0.2) is 17.5 Å². The number of halogens is 1. The summed E-state index contributed by atoms with van der Waals surface area (Å²) in [7, 11) is -2.23. The summed E-state index contributed by atoms with van der Waals surface area (Å²) in [5, 5.41) is 0. The van der Waals surface area contributed by atoms with Crippen LogP contribution in [0.15, 0.2) is 23.1 Å². The summed E-state index contributed by atoms with van der Waals surface area (Å²) in [4.78, 5) is -0.160. The molecule has 2 rings (SSSR count). The number of rotatable bonds is 4. The van der Waals surface area contributed by atoms with Crippen LogP contribution in [-0.4, -0.2) is 27.7 Å². The maximum atomic E-state index is 13.2. The van der Waals surface area contributed by atoms with Crippen LogP contribution >= 0.6 is 0 Å². The monoisotopic (exact) mass is 288 g/mol. The van der Waals surface area contributed by atoms with Crippen LogP contribution < -0.4 is 10.5 Å². The van der Waals surface area contributed by atoms with Gasteiger partial charge in [-0.05, 0) is 37.5 Å². The number of nitrogen functional groups attached to an aromatic ring is 1. The molecule has 19 heavy (non-hydrogen) atoms. The van der Waals surface area contributed by atoms with Crippen molar-refractivity contribution < 1.29 is 17.5 Å². The number of ether oxygens (including phenoxy) is 1. The summed E-state index contributed by atoms with van der Waals surface area (Å²) in [6.07, 6.45) is 2.29.